The monoisotopic (exact) mass is 296 g/mol. The van der Waals surface area contributed by atoms with Gasteiger partial charge in [0.2, 0.25) is 5.91 Å². The molecule has 2 rings (SSSR count). The first-order chi connectivity index (χ1) is 9.88. The van der Waals surface area contributed by atoms with Gasteiger partial charge in [0.05, 0.1) is 6.54 Å². The molecule has 2 aliphatic heterocycles. The Bertz CT molecular complexity index is 389. The Hall–Kier alpha value is -1.10. The first-order valence-electron chi connectivity index (χ1n) is 8.13. The van der Waals surface area contributed by atoms with E-state index in [1.165, 1.54) is 6.42 Å². The Labute approximate surface area is 127 Å². The van der Waals surface area contributed by atoms with Crippen LogP contribution in [-0.4, -0.2) is 59.0 Å². The van der Waals surface area contributed by atoms with Crippen LogP contribution in [0.3, 0.4) is 0 Å². The van der Waals surface area contributed by atoms with Crippen molar-refractivity contribution in [3.8, 4) is 0 Å². The molecule has 5 heteroatoms. The molecule has 1 N–H and O–H groups in total. The molecule has 2 saturated heterocycles. The second kappa shape index (κ2) is 6.77. The van der Waals surface area contributed by atoms with Gasteiger partial charge in [-0.05, 0) is 43.6 Å². The average molecular weight is 296 g/mol. The number of aliphatic carboxylic acids is 1. The lowest BCUT2D eigenvalue weighted by Crippen LogP contribution is -2.54. The number of likely N-dealkylation sites (tertiary alicyclic amines) is 2. The molecular weight excluding hydrogens is 268 g/mol. The minimum atomic E-state index is -0.796. The highest BCUT2D eigenvalue weighted by Crippen LogP contribution is 2.25. The zero-order valence-electron chi connectivity index (χ0n) is 13.4. The van der Waals surface area contributed by atoms with Crippen LogP contribution in [0.25, 0.3) is 0 Å². The Kier molecular flexibility index (Phi) is 5.25. The number of hydrogen-bond donors (Lipinski definition) is 1. The summed E-state index contributed by atoms with van der Waals surface area (Å²) in [6.07, 6.45) is 3.08. The molecule has 4 atom stereocenters. The van der Waals surface area contributed by atoms with E-state index in [0.717, 1.165) is 25.9 Å². The highest BCUT2D eigenvalue weighted by Gasteiger charge is 2.36. The minimum Gasteiger partial charge on any atom is -0.480 e. The Morgan fingerprint density at radius 2 is 1.76 bits per heavy atom. The largest absolute Gasteiger partial charge is 0.480 e. The molecule has 2 aliphatic rings. The second-order valence-corrected chi connectivity index (χ2v) is 7.12. The summed E-state index contributed by atoms with van der Waals surface area (Å²) in [6.45, 7) is 8.92. The lowest BCUT2D eigenvalue weighted by atomic mass is 9.90. The van der Waals surface area contributed by atoms with Gasteiger partial charge in [-0.15, -0.1) is 0 Å². The zero-order valence-corrected chi connectivity index (χ0v) is 13.4. The van der Waals surface area contributed by atoms with Crippen molar-refractivity contribution in [2.24, 2.45) is 17.8 Å². The summed E-state index contributed by atoms with van der Waals surface area (Å²) in [5.41, 5.74) is 0. The number of carbonyl (C=O) groups excluding carboxylic acids is 1. The van der Waals surface area contributed by atoms with Crippen molar-refractivity contribution in [2.45, 2.75) is 46.1 Å². The predicted molar refractivity (Wildman–Crippen MR) is 80.9 cm³/mol. The van der Waals surface area contributed by atoms with Crippen LogP contribution in [0.2, 0.25) is 0 Å². The summed E-state index contributed by atoms with van der Waals surface area (Å²) in [4.78, 5) is 27.8. The standard InChI is InChI=1S/C16H28N2O3/c1-11-7-12(2)9-18(8-11)14(19)10-17-6-4-5-13(3)15(17)16(20)21/h11-13,15H,4-10H2,1-3H3,(H,20,21). The summed E-state index contributed by atoms with van der Waals surface area (Å²) < 4.78 is 0. The smallest absolute Gasteiger partial charge is 0.321 e. The topological polar surface area (TPSA) is 60.9 Å². The third kappa shape index (κ3) is 3.96. The maximum Gasteiger partial charge on any atom is 0.321 e. The number of piperidine rings is 2. The molecule has 4 unspecified atom stereocenters. The van der Waals surface area contributed by atoms with E-state index in [2.05, 4.69) is 13.8 Å². The first kappa shape index (κ1) is 16.3. The molecule has 0 radical (unpaired) electrons. The minimum absolute atomic E-state index is 0.0914. The molecule has 0 saturated carbocycles. The number of hydrogen-bond acceptors (Lipinski definition) is 3. The van der Waals surface area contributed by atoms with E-state index in [0.29, 0.717) is 18.4 Å². The Morgan fingerprint density at radius 3 is 2.33 bits per heavy atom. The zero-order chi connectivity index (χ0) is 15.6. The van der Waals surface area contributed by atoms with Gasteiger partial charge in [-0.1, -0.05) is 20.8 Å². The molecule has 0 aromatic carbocycles. The Balaban J connectivity index is 1.98. The van der Waals surface area contributed by atoms with Crippen LogP contribution in [0.4, 0.5) is 0 Å². The Morgan fingerprint density at radius 1 is 1.14 bits per heavy atom. The van der Waals surface area contributed by atoms with Gasteiger partial charge in [0, 0.05) is 13.1 Å². The van der Waals surface area contributed by atoms with Crippen LogP contribution in [0.15, 0.2) is 0 Å². The van der Waals surface area contributed by atoms with E-state index < -0.39 is 12.0 Å². The van der Waals surface area contributed by atoms with Gasteiger partial charge >= 0.3 is 5.97 Å². The molecule has 0 aliphatic carbocycles. The number of amides is 1. The molecule has 0 bridgehead atoms. The van der Waals surface area contributed by atoms with E-state index >= 15 is 0 Å². The van der Waals surface area contributed by atoms with Crippen molar-refractivity contribution in [3.05, 3.63) is 0 Å². The van der Waals surface area contributed by atoms with E-state index in [-0.39, 0.29) is 18.4 Å². The van der Waals surface area contributed by atoms with E-state index in [1.807, 2.05) is 16.7 Å². The summed E-state index contributed by atoms with van der Waals surface area (Å²) in [7, 11) is 0. The van der Waals surface area contributed by atoms with Crippen molar-refractivity contribution < 1.29 is 14.7 Å². The molecule has 2 fully saturated rings. The molecule has 1 amide bonds. The average Bonchev–Trinajstić information content (AvgIpc) is 2.37. The lowest BCUT2D eigenvalue weighted by Gasteiger charge is -2.40. The van der Waals surface area contributed by atoms with Gasteiger partial charge in [-0.2, -0.15) is 0 Å². The molecule has 0 spiro atoms. The van der Waals surface area contributed by atoms with Crippen molar-refractivity contribution in [1.29, 1.82) is 0 Å². The highest BCUT2D eigenvalue weighted by atomic mass is 16.4. The van der Waals surface area contributed by atoms with Crippen LogP contribution in [0, 0.1) is 17.8 Å². The summed E-state index contributed by atoms with van der Waals surface area (Å²) in [6, 6.07) is -0.512. The molecule has 21 heavy (non-hydrogen) atoms. The van der Waals surface area contributed by atoms with Gasteiger partial charge in [0.15, 0.2) is 0 Å². The third-order valence-corrected chi connectivity index (χ3v) is 4.85. The number of rotatable bonds is 3. The predicted octanol–water partition coefficient (Wildman–Crippen LogP) is 1.68. The SMILES string of the molecule is CC1CC(C)CN(C(=O)CN2CCCC(C)C2C(=O)O)C1. The van der Waals surface area contributed by atoms with Crippen LogP contribution in [0.5, 0.6) is 0 Å². The molecule has 0 aromatic rings. The van der Waals surface area contributed by atoms with E-state index in [1.54, 1.807) is 0 Å². The third-order valence-electron chi connectivity index (χ3n) is 4.85. The van der Waals surface area contributed by atoms with Gasteiger partial charge in [-0.3, -0.25) is 14.5 Å². The lowest BCUT2D eigenvalue weighted by molar-refractivity contribution is -0.149. The molecule has 2 heterocycles. The summed E-state index contributed by atoms with van der Waals surface area (Å²) in [5.74, 6) is 0.480. The summed E-state index contributed by atoms with van der Waals surface area (Å²) in [5, 5.41) is 9.42. The molecule has 5 nitrogen and oxygen atoms in total. The fraction of sp³-hybridized carbons (Fsp3) is 0.875. The van der Waals surface area contributed by atoms with Gasteiger partial charge in [-0.25, -0.2) is 0 Å². The molecular formula is C16H28N2O3. The molecule has 120 valence electrons. The normalized spacial score (nSPS) is 34.7. The highest BCUT2D eigenvalue weighted by molar-refractivity contribution is 5.80. The van der Waals surface area contributed by atoms with Crippen molar-refractivity contribution >= 4 is 11.9 Å². The number of nitrogens with zero attached hydrogens (tertiary/aromatic N) is 2. The van der Waals surface area contributed by atoms with Crippen molar-refractivity contribution in [2.75, 3.05) is 26.2 Å². The van der Waals surface area contributed by atoms with E-state index in [4.69, 9.17) is 0 Å². The maximum atomic E-state index is 12.5. The van der Waals surface area contributed by atoms with Crippen LogP contribution < -0.4 is 0 Å². The van der Waals surface area contributed by atoms with Crippen LogP contribution in [0.1, 0.15) is 40.0 Å². The van der Waals surface area contributed by atoms with Crippen LogP contribution in [-0.2, 0) is 9.59 Å². The number of carboxylic acid groups (broad SMARTS) is 1. The number of carbonyl (C=O) groups is 2. The van der Waals surface area contributed by atoms with Crippen molar-refractivity contribution in [3.63, 3.8) is 0 Å². The fourth-order valence-electron chi connectivity index (χ4n) is 3.99. The van der Waals surface area contributed by atoms with Gasteiger partial charge in [0.25, 0.3) is 0 Å². The number of carboxylic acids is 1. The van der Waals surface area contributed by atoms with Crippen LogP contribution >= 0.6 is 0 Å². The fourth-order valence-corrected chi connectivity index (χ4v) is 3.99. The summed E-state index contributed by atoms with van der Waals surface area (Å²) >= 11 is 0. The molecule has 0 aromatic heterocycles. The maximum absolute atomic E-state index is 12.5. The van der Waals surface area contributed by atoms with Crippen molar-refractivity contribution in [1.82, 2.24) is 9.80 Å². The van der Waals surface area contributed by atoms with Gasteiger partial charge < -0.3 is 10.0 Å². The van der Waals surface area contributed by atoms with Gasteiger partial charge in [0.1, 0.15) is 6.04 Å². The quantitative estimate of drug-likeness (QED) is 0.860. The second-order valence-electron chi connectivity index (χ2n) is 7.12. The van der Waals surface area contributed by atoms with E-state index in [9.17, 15) is 14.7 Å². The first-order valence-corrected chi connectivity index (χ1v) is 8.13.